The Bertz CT molecular complexity index is 987. The second kappa shape index (κ2) is 11.0. The van der Waals surface area contributed by atoms with E-state index >= 15 is 4.39 Å². The quantitative estimate of drug-likeness (QED) is 0.245. The molecule has 0 heterocycles. The zero-order valence-corrected chi connectivity index (χ0v) is 16.8. The van der Waals surface area contributed by atoms with E-state index in [0.717, 1.165) is 13.0 Å². The minimum Gasteiger partial charge on any atom is -0.449 e. The number of ether oxygens (including phenoxy) is 1. The average molecular weight is 450 g/mol. The van der Waals surface area contributed by atoms with Gasteiger partial charge in [0.05, 0.1) is 5.69 Å². The zero-order chi connectivity index (χ0) is 23.8. The Hall–Kier alpha value is -3.73. The number of para-hydroxylation sites is 1. The number of aliphatic hydroxyl groups is 1. The standard InChI is InChI=1S/C21H20F2N2O7/c1-12(26)18(27)21(29)32-19(20(28)24-16-10-6-5-9-15(16)22)14(11-25(30)31)17(23)13-7-3-2-4-8-13/h2-10,14,17-19,27H,11H2,1H3,(H,24,28). The number of anilines is 1. The van der Waals surface area contributed by atoms with Gasteiger partial charge in [0, 0.05) is 4.92 Å². The molecule has 0 bridgehead atoms. The Morgan fingerprint density at radius 3 is 2.28 bits per heavy atom. The van der Waals surface area contributed by atoms with Crippen LogP contribution in [0.4, 0.5) is 14.5 Å². The van der Waals surface area contributed by atoms with Gasteiger partial charge in [-0.3, -0.25) is 19.7 Å². The molecule has 0 aliphatic heterocycles. The number of nitrogens with one attached hydrogen (secondary N) is 1. The molecular formula is C21H20F2N2O7. The van der Waals surface area contributed by atoms with E-state index in [1.54, 1.807) is 6.07 Å². The first-order valence-corrected chi connectivity index (χ1v) is 9.37. The molecule has 2 aromatic rings. The molecular weight excluding hydrogens is 430 g/mol. The van der Waals surface area contributed by atoms with Crippen LogP contribution in [0.1, 0.15) is 18.7 Å². The number of rotatable bonds is 10. The summed E-state index contributed by atoms with van der Waals surface area (Å²) in [5.41, 5.74) is -0.383. The number of nitrogens with zero attached hydrogens (tertiary/aromatic N) is 1. The van der Waals surface area contributed by atoms with E-state index in [-0.39, 0.29) is 11.3 Å². The van der Waals surface area contributed by atoms with Crippen molar-refractivity contribution in [3.05, 3.63) is 76.1 Å². The summed E-state index contributed by atoms with van der Waals surface area (Å²) in [6.07, 6.45) is -6.61. The minimum atomic E-state index is -2.29. The number of hydrogen-bond donors (Lipinski definition) is 2. The summed E-state index contributed by atoms with van der Waals surface area (Å²) in [6.45, 7) is -0.272. The Morgan fingerprint density at radius 2 is 1.72 bits per heavy atom. The highest BCUT2D eigenvalue weighted by Crippen LogP contribution is 2.31. The van der Waals surface area contributed by atoms with Crippen molar-refractivity contribution in [3.8, 4) is 0 Å². The van der Waals surface area contributed by atoms with Gasteiger partial charge < -0.3 is 15.2 Å². The summed E-state index contributed by atoms with van der Waals surface area (Å²) < 4.78 is 34.1. The van der Waals surface area contributed by atoms with E-state index in [1.165, 1.54) is 42.5 Å². The second-order valence-corrected chi connectivity index (χ2v) is 6.83. The van der Waals surface area contributed by atoms with Crippen LogP contribution in [-0.4, -0.2) is 46.4 Å². The van der Waals surface area contributed by atoms with E-state index in [1.807, 2.05) is 0 Å². The summed E-state index contributed by atoms with van der Waals surface area (Å²) in [6, 6.07) is 12.0. The van der Waals surface area contributed by atoms with E-state index in [4.69, 9.17) is 4.74 Å². The molecule has 0 aliphatic rings. The Balaban J connectivity index is 2.45. The molecule has 0 aliphatic carbocycles. The monoisotopic (exact) mass is 450 g/mol. The molecule has 170 valence electrons. The van der Waals surface area contributed by atoms with Gasteiger partial charge in [-0.1, -0.05) is 42.5 Å². The van der Waals surface area contributed by atoms with Crippen LogP contribution in [-0.2, 0) is 19.1 Å². The zero-order valence-electron chi connectivity index (χ0n) is 16.8. The van der Waals surface area contributed by atoms with Gasteiger partial charge in [0.25, 0.3) is 5.91 Å². The lowest BCUT2D eigenvalue weighted by molar-refractivity contribution is -0.492. The highest BCUT2D eigenvalue weighted by molar-refractivity contribution is 6.02. The fraction of sp³-hybridized carbons (Fsp3) is 0.286. The number of aliphatic hydroxyl groups excluding tert-OH is 1. The maximum atomic E-state index is 15.3. The van der Waals surface area contributed by atoms with Crippen LogP contribution in [0, 0.1) is 21.8 Å². The molecule has 2 aromatic carbocycles. The van der Waals surface area contributed by atoms with Crippen LogP contribution in [0.3, 0.4) is 0 Å². The van der Waals surface area contributed by atoms with Gasteiger partial charge in [-0.25, -0.2) is 13.6 Å². The number of ketones is 1. The first kappa shape index (κ1) is 24.5. The molecule has 4 atom stereocenters. The Kier molecular flexibility index (Phi) is 8.47. The number of hydrogen-bond acceptors (Lipinski definition) is 7. The number of carbonyl (C=O) groups excluding carboxylic acids is 3. The summed E-state index contributed by atoms with van der Waals surface area (Å²) in [5.74, 6) is -6.61. The number of carbonyl (C=O) groups is 3. The Labute approximate surface area is 181 Å². The number of esters is 1. The molecule has 2 N–H and O–H groups in total. The number of nitro groups is 1. The summed E-state index contributed by atoms with van der Waals surface area (Å²) in [7, 11) is 0. The third-order valence-corrected chi connectivity index (χ3v) is 4.48. The lowest BCUT2D eigenvalue weighted by atomic mass is 9.91. The number of benzene rings is 2. The van der Waals surface area contributed by atoms with E-state index in [2.05, 4.69) is 5.32 Å². The van der Waals surface area contributed by atoms with E-state index < -0.39 is 59.2 Å². The third kappa shape index (κ3) is 6.38. The fourth-order valence-electron chi connectivity index (χ4n) is 2.86. The molecule has 0 radical (unpaired) electrons. The number of Topliss-reactive ketones (excluding diaryl/α,β-unsaturated/α-hetero) is 1. The van der Waals surface area contributed by atoms with Crippen LogP contribution >= 0.6 is 0 Å². The molecule has 0 spiro atoms. The largest absolute Gasteiger partial charge is 0.449 e. The van der Waals surface area contributed by atoms with Crippen molar-refractivity contribution in [2.24, 2.45) is 5.92 Å². The van der Waals surface area contributed by atoms with Crippen molar-refractivity contribution in [3.63, 3.8) is 0 Å². The van der Waals surface area contributed by atoms with Gasteiger partial charge in [-0.05, 0) is 24.6 Å². The maximum absolute atomic E-state index is 15.3. The highest BCUT2D eigenvalue weighted by atomic mass is 19.1. The lowest BCUT2D eigenvalue weighted by Gasteiger charge is -2.27. The van der Waals surface area contributed by atoms with Gasteiger partial charge in [-0.15, -0.1) is 0 Å². The van der Waals surface area contributed by atoms with Gasteiger partial charge in [-0.2, -0.15) is 0 Å². The van der Waals surface area contributed by atoms with Gasteiger partial charge >= 0.3 is 5.97 Å². The van der Waals surface area contributed by atoms with Crippen LogP contribution in [0.5, 0.6) is 0 Å². The van der Waals surface area contributed by atoms with Crippen molar-refractivity contribution in [1.82, 2.24) is 0 Å². The molecule has 0 aromatic heterocycles. The summed E-state index contributed by atoms with van der Waals surface area (Å²) >= 11 is 0. The lowest BCUT2D eigenvalue weighted by Crippen LogP contribution is -2.46. The molecule has 1 amide bonds. The van der Waals surface area contributed by atoms with E-state index in [9.17, 15) is 34.0 Å². The average Bonchev–Trinajstić information content (AvgIpc) is 2.76. The minimum absolute atomic E-state index is 0.0359. The van der Waals surface area contributed by atoms with Crippen molar-refractivity contribution in [1.29, 1.82) is 0 Å². The smallest absolute Gasteiger partial charge is 0.343 e. The van der Waals surface area contributed by atoms with Crippen LogP contribution < -0.4 is 5.32 Å². The third-order valence-electron chi connectivity index (χ3n) is 4.48. The first-order chi connectivity index (χ1) is 15.1. The highest BCUT2D eigenvalue weighted by Gasteiger charge is 2.43. The van der Waals surface area contributed by atoms with Crippen molar-refractivity contribution < 1.29 is 37.9 Å². The van der Waals surface area contributed by atoms with Crippen molar-refractivity contribution in [2.75, 3.05) is 11.9 Å². The topological polar surface area (TPSA) is 136 Å². The molecule has 11 heteroatoms. The molecule has 2 rings (SSSR count). The predicted molar refractivity (Wildman–Crippen MR) is 107 cm³/mol. The normalized spacial score (nSPS) is 14.5. The molecule has 9 nitrogen and oxygen atoms in total. The second-order valence-electron chi connectivity index (χ2n) is 6.83. The summed E-state index contributed by atoms with van der Waals surface area (Å²) in [5, 5.41) is 22.9. The number of alkyl halides is 1. The van der Waals surface area contributed by atoms with E-state index in [0.29, 0.717) is 0 Å². The first-order valence-electron chi connectivity index (χ1n) is 9.37. The number of halogens is 2. The molecule has 0 saturated carbocycles. The van der Waals surface area contributed by atoms with Gasteiger partial charge in [0.1, 0.15) is 17.9 Å². The predicted octanol–water partition coefficient (Wildman–Crippen LogP) is 2.23. The SMILES string of the molecule is CC(=O)C(O)C(=O)OC(C(=O)Nc1ccccc1F)C(C[N+](=O)[O-])C(F)c1ccccc1. The van der Waals surface area contributed by atoms with Crippen molar-refractivity contribution in [2.45, 2.75) is 25.3 Å². The number of amides is 1. The molecule has 4 unspecified atom stereocenters. The van der Waals surface area contributed by atoms with Crippen LogP contribution in [0.2, 0.25) is 0 Å². The fourth-order valence-corrected chi connectivity index (χ4v) is 2.86. The summed E-state index contributed by atoms with van der Waals surface area (Å²) in [4.78, 5) is 46.6. The van der Waals surface area contributed by atoms with Crippen LogP contribution in [0.15, 0.2) is 54.6 Å². The molecule has 0 saturated heterocycles. The van der Waals surface area contributed by atoms with Crippen molar-refractivity contribution >= 4 is 23.3 Å². The van der Waals surface area contributed by atoms with Gasteiger partial charge in [0.15, 0.2) is 11.9 Å². The van der Waals surface area contributed by atoms with Crippen LogP contribution in [0.25, 0.3) is 0 Å². The molecule has 32 heavy (non-hydrogen) atoms. The Morgan fingerprint density at radius 1 is 1.12 bits per heavy atom. The molecule has 0 fully saturated rings. The van der Waals surface area contributed by atoms with Gasteiger partial charge in [0.2, 0.25) is 12.6 Å². The maximum Gasteiger partial charge on any atom is 0.343 e.